The number of rotatable bonds is 7. The van der Waals surface area contributed by atoms with Crippen molar-refractivity contribution in [3.05, 3.63) is 18.0 Å². The van der Waals surface area contributed by atoms with Crippen molar-refractivity contribution in [2.45, 2.75) is 72.2 Å². The molecule has 126 valence electrons. The second-order valence-electron chi connectivity index (χ2n) is 7.23. The van der Waals surface area contributed by atoms with Crippen LogP contribution < -0.4 is 10.6 Å². The molecule has 22 heavy (non-hydrogen) atoms. The minimum atomic E-state index is -0.485. The largest absolute Gasteiger partial charge is 0.444 e. The zero-order valence-corrected chi connectivity index (χ0v) is 14.7. The molecule has 0 saturated heterocycles. The van der Waals surface area contributed by atoms with Crippen LogP contribution in [0.1, 0.15) is 53.5 Å². The molecule has 0 saturated carbocycles. The zero-order valence-electron chi connectivity index (χ0n) is 14.7. The highest BCUT2D eigenvalue weighted by molar-refractivity contribution is 5.68. The first-order chi connectivity index (χ1) is 10.1. The number of aryl methyl sites for hydroxylation is 1. The number of alkyl carbamates (subject to hydrolysis) is 1. The lowest BCUT2D eigenvalue weighted by atomic mass is 10.1. The molecule has 0 spiro atoms. The fourth-order valence-corrected chi connectivity index (χ4v) is 1.99. The van der Waals surface area contributed by atoms with Crippen LogP contribution in [0.5, 0.6) is 0 Å². The van der Waals surface area contributed by atoms with E-state index in [4.69, 9.17) is 4.74 Å². The lowest BCUT2D eigenvalue weighted by molar-refractivity contribution is 0.0472. The van der Waals surface area contributed by atoms with Gasteiger partial charge in [-0.05, 0) is 41.0 Å². The number of hydrogen-bond donors (Lipinski definition) is 2. The van der Waals surface area contributed by atoms with E-state index in [1.165, 1.54) is 0 Å². The molecule has 1 aromatic rings. The van der Waals surface area contributed by atoms with Gasteiger partial charge < -0.3 is 15.4 Å². The van der Waals surface area contributed by atoms with E-state index < -0.39 is 11.7 Å². The van der Waals surface area contributed by atoms with Gasteiger partial charge in [-0.2, -0.15) is 5.10 Å². The molecule has 0 bridgehead atoms. The van der Waals surface area contributed by atoms with Gasteiger partial charge in [0.05, 0.1) is 11.7 Å². The minimum Gasteiger partial charge on any atom is -0.444 e. The van der Waals surface area contributed by atoms with Crippen molar-refractivity contribution < 1.29 is 9.53 Å². The highest BCUT2D eigenvalue weighted by atomic mass is 16.6. The third kappa shape index (κ3) is 7.45. The summed E-state index contributed by atoms with van der Waals surface area (Å²) in [5.74, 6) is 0. The minimum absolute atomic E-state index is 0.387. The molecular weight excluding hydrogens is 280 g/mol. The Morgan fingerprint density at radius 2 is 2.00 bits per heavy atom. The summed E-state index contributed by atoms with van der Waals surface area (Å²) >= 11 is 0. The predicted molar refractivity (Wildman–Crippen MR) is 87.7 cm³/mol. The second kappa shape index (κ2) is 7.63. The normalized spacial score (nSPS) is 12.3. The van der Waals surface area contributed by atoms with E-state index >= 15 is 0 Å². The van der Waals surface area contributed by atoms with Gasteiger partial charge >= 0.3 is 6.09 Å². The van der Waals surface area contributed by atoms with E-state index in [9.17, 15) is 4.79 Å². The van der Waals surface area contributed by atoms with Crippen LogP contribution in [-0.4, -0.2) is 33.6 Å². The van der Waals surface area contributed by atoms with Gasteiger partial charge in [0.25, 0.3) is 0 Å². The second-order valence-corrected chi connectivity index (χ2v) is 7.23. The average Bonchev–Trinajstić information content (AvgIpc) is 2.73. The highest BCUT2D eigenvalue weighted by Gasteiger charge is 2.24. The number of aromatic nitrogens is 2. The predicted octanol–water partition coefficient (Wildman–Crippen LogP) is 2.69. The van der Waals surface area contributed by atoms with E-state index in [1.54, 1.807) is 0 Å². The Bertz CT molecular complexity index is 475. The Labute approximate surface area is 133 Å². The molecule has 0 atom stereocenters. The van der Waals surface area contributed by atoms with Gasteiger partial charge in [0.2, 0.25) is 0 Å². The first kappa shape index (κ1) is 18.5. The van der Waals surface area contributed by atoms with Crippen LogP contribution in [0.2, 0.25) is 0 Å². The van der Waals surface area contributed by atoms with Crippen molar-refractivity contribution >= 4 is 6.09 Å². The third-order valence-electron chi connectivity index (χ3n) is 2.87. The number of carbonyl (C=O) groups is 1. The summed E-state index contributed by atoms with van der Waals surface area (Å²) in [6.45, 7) is 13.9. The summed E-state index contributed by atoms with van der Waals surface area (Å²) < 4.78 is 7.22. The molecule has 0 unspecified atom stereocenters. The van der Waals surface area contributed by atoms with Crippen molar-refractivity contribution in [2.24, 2.45) is 0 Å². The number of nitrogens with zero attached hydrogens (tertiary/aromatic N) is 2. The van der Waals surface area contributed by atoms with E-state index in [1.807, 2.05) is 51.7 Å². The van der Waals surface area contributed by atoms with Crippen LogP contribution in [0.15, 0.2) is 12.4 Å². The van der Waals surface area contributed by atoms with E-state index in [0.29, 0.717) is 6.54 Å². The summed E-state index contributed by atoms with van der Waals surface area (Å²) in [5.41, 5.74) is 0.268. The average molecular weight is 310 g/mol. The van der Waals surface area contributed by atoms with Crippen LogP contribution >= 0.6 is 0 Å². The molecule has 6 heteroatoms. The molecule has 6 nitrogen and oxygen atoms in total. The van der Waals surface area contributed by atoms with E-state index in [2.05, 4.69) is 22.7 Å². The molecular formula is C16H30N4O2. The molecule has 0 radical (unpaired) electrons. The quantitative estimate of drug-likeness (QED) is 0.812. The molecule has 1 aromatic heterocycles. The van der Waals surface area contributed by atoms with Crippen LogP contribution in [0.25, 0.3) is 0 Å². The first-order valence-electron chi connectivity index (χ1n) is 7.84. The van der Waals surface area contributed by atoms with Crippen molar-refractivity contribution in [1.29, 1.82) is 0 Å². The Morgan fingerprint density at radius 3 is 2.59 bits per heavy atom. The van der Waals surface area contributed by atoms with Gasteiger partial charge in [-0.1, -0.05) is 6.92 Å². The summed E-state index contributed by atoms with van der Waals surface area (Å²) in [6, 6.07) is 0. The molecule has 1 amide bonds. The van der Waals surface area contributed by atoms with Crippen LogP contribution in [0.4, 0.5) is 4.79 Å². The highest BCUT2D eigenvalue weighted by Crippen LogP contribution is 2.09. The van der Waals surface area contributed by atoms with Crippen molar-refractivity contribution in [2.75, 3.05) is 6.54 Å². The van der Waals surface area contributed by atoms with Crippen molar-refractivity contribution in [3.8, 4) is 0 Å². The molecule has 0 aliphatic heterocycles. The van der Waals surface area contributed by atoms with Gasteiger partial charge in [-0.3, -0.25) is 4.68 Å². The summed E-state index contributed by atoms with van der Waals surface area (Å²) in [6.07, 6.45) is 4.60. The van der Waals surface area contributed by atoms with Gasteiger partial charge in [-0.25, -0.2) is 4.79 Å². The molecule has 0 aliphatic carbocycles. The number of amides is 1. The monoisotopic (exact) mass is 310 g/mol. The van der Waals surface area contributed by atoms with Gasteiger partial charge in [0.15, 0.2) is 0 Å². The summed E-state index contributed by atoms with van der Waals surface area (Å²) in [7, 11) is 0. The fourth-order valence-electron chi connectivity index (χ4n) is 1.99. The lowest BCUT2D eigenvalue weighted by Gasteiger charge is -2.28. The Hall–Kier alpha value is -1.56. The summed E-state index contributed by atoms with van der Waals surface area (Å²) in [4.78, 5) is 11.8. The number of nitrogens with one attached hydrogen (secondary N) is 2. The van der Waals surface area contributed by atoms with Crippen LogP contribution in [0.3, 0.4) is 0 Å². The van der Waals surface area contributed by atoms with Crippen molar-refractivity contribution in [1.82, 2.24) is 20.4 Å². The molecule has 0 fully saturated rings. The van der Waals surface area contributed by atoms with Gasteiger partial charge in [0.1, 0.15) is 5.60 Å². The maximum atomic E-state index is 11.8. The number of hydrogen-bond acceptors (Lipinski definition) is 4. The van der Waals surface area contributed by atoms with E-state index in [0.717, 1.165) is 25.1 Å². The van der Waals surface area contributed by atoms with Crippen LogP contribution in [0, 0.1) is 0 Å². The molecule has 1 rings (SSSR count). The first-order valence-corrected chi connectivity index (χ1v) is 7.84. The Morgan fingerprint density at radius 1 is 1.32 bits per heavy atom. The van der Waals surface area contributed by atoms with Crippen LogP contribution in [-0.2, 0) is 17.8 Å². The Balaban J connectivity index is 2.36. The van der Waals surface area contributed by atoms with Gasteiger partial charge in [0, 0.05) is 31.4 Å². The van der Waals surface area contributed by atoms with Crippen molar-refractivity contribution in [3.63, 3.8) is 0 Å². The molecule has 2 N–H and O–H groups in total. The smallest absolute Gasteiger partial charge is 0.408 e. The third-order valence-corrected chi connectivity index (χ3v) is 2.87. The Kier molecular flexibility index (Phi) is 6.41. The maximum absolute atomic E-state index is 11.8. The summed E-state index contributed by atoms with van der Waals surface area (Å²) in [5, 5.41) is 10.5. The maximum Gasteiger partial charge on any atom is 0.408 e. The number of carbonyl (C=O) groups excluding carboxylic acids is 1. The number of ether oxygens (including phenoxy) is 1. The fraction of sp³-hybridized carbons (Fsp3) is 0.750. The van der Waals surface area contributed by atoms with Gasteiger partial charge in [-0.15, -0.1) is 0 Å². The topological polar surface area (TPSA) is 68.2 Å². The zero-order chi connectivity index (χ0) is 16.8. The lowest BCUT2D eigenvalue weighted by Crippen LogP contribution is -2.51. The standard InChI is InChI=1S/C16H30N4O2/c1-7-8-20-11-13(10-18-20)9-17-12-16(5,6)19-14(21)22-15(2,3)4/h10-11,17H,7-9,12H2,1-6H3,(H,19,21). The molecule has 1 heterocycles. The van der Waals surface area contributed by atoms with E-state index in [-0.39, 0.29) is 5.54 Å². The molecule has 0 aromatic carbocycles. The molecule has 0 aliphatic rings. The SMILES string of the molecule is CCCn1cc(CNCC(C)(C)NC(=O)OC(C)(C)C)cn1.